The van der Waals surface area contributed by atoms with Gasteiger partial charge in [-0.3, -0.25) is 0 Å². The first-order valence-corrected chi connectivity index (χ1v) is 21.1. The van der Waals surface area contributed by atoms with Crippen LogP contribution in [0.3, 0.4) is 0 Å². The van der Waals surface area contributed by atoms with Crippen LogP contribution in [0, 0.1) is 22.7 Å². The summed E-state index contributed by atoms with van der Waals surface area (Å²) in [6.07, 6.45) is 0. The fourth-order valence-electron chi connectivity index (χ4n) is 9.12. The highest BCUT2D eigenvalue weighted by atomic mass is 16.4. The largest absolute Gasteiger partial charge is 0.478 e. The average Bonchev–Trinajstić information content (AvgIpc) is 4.05. The number of nitrogens with zero attached hydrogens (tertiary/aromatic N) is 8. The number of hydrogen-bond donors (Lipinski definition) is 2. The van der Waals surface area contributed by atoms with Crippen LogP contribution in [0.4, 0.5) is 0 Å². The zero-order valence-corrected chi connectivity index (χ0v) is 35.7. The van der Waals surface area contributed by atoms with Crippen LogP contribution in [0.15, 0.2) is 158 Å². The molecule has 10 rings (SSSR count). The first-order valence-electron chi connectivity index (χ1n) is 21.1. The fourth-order valence-corrected chi connectivity index (χ4v) is 9.12. The van der Waals surface area contributed by atoms with Crippen LogP contribution in [0.1, 0.15) is 43.5 Å². The highest BCUT2D eigenvalue weighted by molar-refractivity contribution is 6.09. The third-order valence-electron chi connectivity index (χ3n) is 12.2. The number of hydrogen-bond acceptors (Lipinski definition) is 6. The van der Waals surface area contributed by atoms with Crippen LogP contribution in [0.25, 0.3) is 66.5 Å². The minimum absolute atomic E-state index is 0.138. The number of para-hydroxylation sites is 4. The van der Waals surface area contributed by atoms with E-state index in [9.17, 15) is 30.3 Å². The first-order chi connectivity index (χ1) is 32.2. The van der Waals surface area contributed by atoms with Crippen molar-refractivity contribution in [3.8, 4) is 34.7 Å². The van der Waals surface area contributed by atoms with Crippen molar-refractivity contribution in [3.05, 3.63) is 202 Å². The molecule has 0 aliphatic carbocycles. The second kappa shape index (κ2) is 16.5. The number of aromatic carboxylic acids is 2. The number of carbonyl (C=O) groups is 2. The maximum absolute atomic E-state index is 12.0. The number of carboxylic acid groups (broad SMARTS) is 2. The van der Waals surface area contributed by atoms with Gasteiger partial charge in [0.1, 0.15) is 23.3 Å². The van der Waals surface area contributed by atoms with Gasteiger partial charge in [-0.25, -0.2) is 19.6 Å². The Labute approximate surface area is 377 Å². The van der Waals surface area contributed by atoms with Crippen molar-refractivity contribution in [2.24, 2.45) is 14.1 Å². The standard InChI is InChI=1S/C54H38N8O4/c1-59-43-19-11-9-17-41(43)57-51(59)39(29-55)49-45-46(48(36-15-7-4-8-16-36)61(49)31-33-21-25-37(26-22-33)53(63)64)50(40(30-56)52-58-42-18-10-12-20-44(42)60(52)2)62(47(45)35-13-5-3-6-14-35)32-34-23-27-38(28-24-34)54(65)66/h3-28H,31-32H2,1-2H3,(H,63,64)(H,65,66)/b49-39-,50-40-. The quantitative estimate of drug-likeness (QED) is 0.138. The number of rotatable bonds is 10. The molecule has 0 spiro atoms. The molecule has 2 N–H and O–H groups in total. The molecule has 0 fully saturated rings. The minimum Gasteiger partial charge on any atom is -0.478 e. The number of benzene rings is 6. The van der Waals surface area contributed by atoms with Gasteiger partial charge in [0.2, 0.25) is 0 Å². The van der Waals surface area contributed by atoms with Crippen molar-refractivity contribution < 1.29 is 19.8 Å². The van der Waals surface area contributed by atoms with Crippen LogP contribution in [-0.4, -0.2) is 50.4 Å². The molecular weight excluding hydrogens is 825 g/mol. The SMILES string of the molecule is Cn1c(/C(C#N)=c2/c3c(-c4ccccc4)n(Cc4ccc(C(=O)O)cc4)/c(=C(/C#N)c4nc5ccccc5n4C)c3c(-c3ccccc3)n2Cc2ccc(C(=O)O)cc2)nc2ccccc21. The van der Waals surface area contributed by atoms with Gasteiger partial charge in [0.25, 0.3) is 0 Å². The molecule has 10 aromatic rings. The lowest BCUT2D eigenvalue weighted by Gasteiger charge is -2.16. The van der Waals surface area contributed by atoms with Gasteiger partial charge >= 0.3 is 11.9 Å². The van der Waals surface area contributed by atoms with Crippen molar-refractivity contribution >= 4 is 55.9 Å². The van der Waals surface area contributed by atoms with Crippen molar-refractivity contribution in [1.82, 2.24) is 28.2 Å². The van der Waals surface area contributed by atoms with Crippen LogP contribution < -0.4 is 10.7 Å². The van der Waals surface area contributed by atoms with Gasteiger partial charge in [0.15, 0.2) is 11.6 Å². The van der Waals surface area contributed by atoms with Crippen molar-refractivity contribution in [1.29, 1.82) is 10.5 Å². The molecule has 4 aromatic heterocycles. The zero-order valence-electron chi connectivity index (χ0n) is 35.7. The molecule has 0 unspecified atom stereocenters. The van der Waals surface area contributed by atoms with E-state index in [4.69, 9.17) is 9.97 Å². The predicted octanol–water partition coefficient (Wildman–Crippen LogP) is 8.49. The number of carboxylic acids is 2. The Morgan fingerprint density at radius 1 is 0.500 bits per heavy atom. The lowest BCUT2D eigenvalue weighted by molar-refractivity contribution is 0.0686. The van der Waals surface area contributed by atoms with Crippen LogP contribution in [-0.2, 0) is 27.2 Å². The van der Waals surface area contributed by atoms with Gasteiger partial charge in [0, 0.05) is 38.0 Å². The zero-order chi connectivity index (χ0) is 45.6. The van der Waals surface area contributed by atoms with Gasteiger partial charge in [-0.1, -0.05) is 109 Å². The summed E-state index contributed by atoms with van der Waals surface area (Å²) >= 11 is 0. The normalized spacial score (nSPS) is 12.3. The van der Waals surface area contributed by atoms with Crippen LogP contribution in [0.2, 0.25) is 0 Å². The summed E-state index contributed by atoms with van der Waals surface area (Å²) in [6.45, 7) is 0.392. The topological polar surface area (TPSA) is 168 Å². The monoisotopic (exact) mass is 862 g/mol. The molecule has 0 saturated carbocycles. The van der Waals surface area contributed by atoms with E-state index < -0.39 is 11.9 Å². The van der Waals surface area contributed by atoms with Crippen molar-refractivity contribution in [2.45, 2.75) is 13.1 Å². The van der Waals surface area contributed by atoms with Crippen LogP contribution >= 0.6 is 0 Å². The van der Waals surface area contributed by atoms with Crippen molar-refractivity contribution in [2.75, 3.05) is 0 Å². The predicted molar refractivity (Wildman–Crippen MR) is 253 cm³/mol. The molecule has 0 aliphatic heterocycles. The Morgan fingerprint density at radius 3 is 1.18 bits per heavy atom. The number of aryl methyl sites for hydroxylation is 2. The van der Waals surface area contributed by atoms with E-state index in [0.717, 1.165) is 33.3 Å². The van der Waals surface area contributed by atoms with E-state index in [1.807, 2.05) is 132 Å². The minimum atomic E-state index is -1.05. The van der Waals surface area contributed by atoms with E-state index in [-0.39, 0.29) is 35.4 Å². The molecular formula is C54H38N8O4. The van der Waals surface area contributed by atoms with E-state index in [1.54, 1.807) is 48.5 Å². The van der Waals surface area contributed by atoms with Gasteiger partial charge in [-0.2, -0.15) is 10.5 Å². The number of aromatic nitrogens is 6. The maximum atomic E-state index is 12.0. The number of fused-ring (bicyclic) bond motifs is 3. The summed E-state index contributed by atoms with van der Waals surface area (Å²) in [5.41, 5.74) is 8.43. The summed E-state index contributed by atoms with van der Waals surface area (Å²) in [6, 6.07) is 53.6. The van der Waals surface area contributed by atoms with Gasteiger partial charge in [-0.05, 0) is 70.8 Å². The Hall–Kier alpha value is -9.26. The summed E-state index contributed by atoms with van der Waals surface area (Å²) in [5.74, 6) is -1.24. The van der Waals surface area contributed by atoms with E-state index in [0.29, 0.717) is 55.5 Å². The molecule has 318 valence electrons. The number of imidazole rings is 2. The third kappa shape index (κ3) is 6.78. The summed E-state index contributed by atoms with van der Waals surface area (Å²) < 4.78 is 8.02. The molecule has 4 heterocycles. The summed E-state index contributed by atoms with van der Waals surface area (Å²) in [4.78, 5) is 34.2. The number of nitriles is 2. The lowest BCUT2D eigenvalue weighted by atomic mass is 10.0. The highest BCUT2D eigenvalue weighted by Crippen LogP contribution is 2.37. The Bertz CT molecular complexity index is 3540. The fraction of sp³-hybridized carbons (Fsp3) is 0.0741. The second-order valence-electron chi connectivity index (χ2n) is 16.0. The van der Waals surface area contributed by atoms with E-state index in [2.05, 4.69) is 21.3 Å². The van der Waals surface area contributed by atoms with Gasteiger partial charge in [-0.15, -0.1) is 0 Å². The Balaban J connectivity index is 1.50. The highest BCUT2D eigenvalue weighted by Gasteiger charge is 2.30. The summed E-state index contributed by atoms with van der Waals surface area (Å²) in [7, 11) is 3.77. The Kier molecular flexibility index (Phi) is 10.2. The van der Waals surface area contributed by atoms with E-state index >= 15 is 0 Å². The van der Waals surface area contributed by atoms with Gasteiger partial charge in [0.05, 0.1) is 55.3 Å². The molecule has 12 nitrogen and oxygen atoms in total. The molecule has 0 amide bonds. The Morgan fingerprint density at radius 2 is 0.848 bits per heavy atom. The lowest BCUT2D eigenvalue weighted by Crippen LogP contribution is -2.26. The van der Waals surface area contributed by atoms with Gasteiger partial charge < -0.3 is 28.5 Å². The average molecular weight is 863 g/mol. The molecule has 6 aromatic carbocycles. The molecule has 0 atom stereocenters. The summed E-state index contributed by atoms with van der Waals surface area (Å²) in [5, 5.41) is 45.4. The third-order valence-corrected chi connectivity index (χ3v) is 12.2. The van der Waals surface area contributed by atoms with Crippen molar-refractivity contribution in [3.63, 3.8) is 0 Å². The first kappa shape index (κ1) is 40.8. The smallest absolute Gasteiger partial charge is 0.335 e. The molecule has 0 bridgehead atoms. The molecule has 0 radical (unpaired) electrons. The van der Waals surface area contributed by atoms with E-state index in [1.165, 1.54) is 0 Å². The molecule has 66 heavy (non-hydrogen) atoms. The second-order valence-corrected chi connectivity index (χ2v) is 16.0. The molecule has 0 saturated heterocycles. The molecule has 0 aliphatic rings. The molecule has 12 heteroatoms. The maximum Gasteiger partial charge on any atom is 0.335 e. The van der Waals surface area contributed by atoms with Crippen LogP contribution in [0.5, 0.6) is 0 Å².